The average Bonchev–Trinajstić information content (AvgIpc) is 2.42. The van der Waals surface area contributed by atoms with E-state index in [1.165, 1.54) is 0 Å². The summed E-state index contributed by atoms with van der Waals surface area (Å²) >= 11 is -23.6. The van der Waals surface area contributed by atoms with Gasteiger partial charge in [0.15, 0.2) is 0 Å². The molecule has 0 unspecified atom stereocenters. The molecule has 27 nitrogen and oxygen atoms in total. The fourth-order valence-corrected chi connectivity index (χ4v) is 0. The van der Waals surface area contributed by atoms with Gasteiger partial charge in [-0.2, -0.15) is 0 Å². The van der Waals surface area contributed by atoms with E-state index in [-0.39, 0.29) is 0 Å². The molecule has 0 aromatic rings. The van der Waals surface area contributed by atoms with Crippen molar-refractivity contribution in [2.24, 2.45) is 0 Å². The number of rotatable bonds is 0. The standard InChI is InChI=1S/Co.Cr.3Mn.Mo.2Ni.27O.W. The fraction of sp³-hybridized carbons (Fsp3) is 0. The number of hydrogen-bond acceptors (Lipinski definition) is 27. The molecule has 0 aliphatic carbocycles. The van der Waals surface area contributed by atoms with Crippen LogP contribution < -0.4 is 0 Å². The van der Waals surface area contributed by atoms with Crippen molar-refractivity contribution in [3.8, 4) is 0 Å². The second-order valence-corrected chi connectivity index (χ2v) is 9.72. The van der Waals surface area contributed by atoms with Crippen LogP contribution in [0.25, 0.3) is 0 Å². The van der Waals surface area contributed by atoms with E-state index in [4.69, 9.17) is 101 Å². The Morgan fingerprint density at radius 1 is 0.750 bits per heavy atom. The molecular weight excluding hydrogens is 1100 g/mol. The Hall–Kier alpha value is -0.439. The molecule has 0 aliphatic heterocycles. The van der Waals surface area contributed by atoms with Crippen molar-refractivity contribution in [3.05, 3.63) is 0 Å². The van der Waals surface area contributed by atoms with Crippen molar-refractivity contribution in [2.45, 2.75) is 0 Å². The summed E-state index contributed by atoms with van der Waals surface area (Å²) < 4.78 is 230. The number of hydrogen-bond donors (Lipinski definition) is 0. The van der Waals surface area contributed by atoms with Gasteiger partial charge in [-0.05, 0) is 0 Å². The second-order valence-electron chi connectivity index (χ2n) is 2.07. The summed E-state index contributed by atoms with van der Waals surface area (Å²) in [5, 5.41) is 0. The van der Waals surface area contributed by atoms with E-state index in [9.17, 15) is 0 Å². The van der Waals surface area contributed by atoms with E-state index in [0.717, 1.165) is 0 Å². The molecule has 0 aromatic heterocycles. The van der Waals surface area contributed by atoms with Crippen molar-refractivity contribution < 1.29 is 231 Å². The fourth-order valence-electron chi connectivity index (χ4n) is 0. The predicted octanol–water partition coefficient (Wildman–Crippen LogP) is -3.23. The van der Waals surface area contributed by atoms with Gasteiger partial charge in [0.1, 0.15) is 0 Å². The SMILES string of the molecule is [O]=[Co]=[O].[O]=[Cr](=[O])=[O].[O]=[Mn].[O]=[Mn](=[O])(=[O])(=[O])=[O].[O]=[Mn](=[O])=[O].[O]=[Mo](=[O])=[O].[O]=[Ni](=[O])(=[O])(=[O])=[O].[O]=[Ni]=[O].[O]=[W](=[O])=[O]. The Bertz CT molecular complexity index is 1560. The first-order valence-electron chi connectivity index (χ1n) is 4.06. The zero-order valence-electron chi connectivity index (χ0n) is 14.3. The van der Waals surface area contributed by atoms with Crippen LogP contribution in [0.1, 0.15) is 0 Å². The van der Waals surface area contributed by atoms with Crippen LogP contribution in [0.4, 0.5) is 0 Å². The molecule has 0 rings (SSSR count). The normalized spacial score (nSPS) is 9.19. The Morgan fingerprint density at radius 2 is 0.750 bits per heavy atom. The van der Waals surface area contributed by atoms with Crippen molar-refractivity contribution in [3.63, 3.8) is 0 Å². The van der Waals surface area contributed by atoms with E-state index >= 15 is 0 Å². The van der Waals surface area contributed by atoms with Crippen molar-refractivity contribution in [1.29, 1.82) is 0 Å². The summed E-state index contributed by atoms with van der Waals surface area (Å²) in [7, 11) is -7.18. The molecule has 0 aromatic carbocycles. The zero-order valence-corrected chi connectivity index (χ0v) is 27.1. The van der Waals surface area contributed by atoms with E-state index in [1.807, 2.05) is 0 Å². The molecule has 36 heteroatoms. The summed E-state index contributed by atoms with van der Waals surface area (Å²) in [6.07, 6.45) is 0. The molecule has 230 valence electrons. The van der Waals surface area contributed by atoms with Gasteiger partial charge in [-0.15, -0.1) is 0 Å². The van der Waals surface area contributed by atoms with Crippen LogP contribution in [0.3, 0.4) is 0 Å². The summed E-state index contributed by atoms with van der Waals surface area (Å²) in [4.78, 5) is 0. The molecule has 0 saturated carbocycles. The summed E-state index contributed by atoms with van der Waals surface area (Å²) in [6.45, 7) is 0. The van der Waals surface area contributed by atoms with Crippen molar-refractivity contribution in [2.75, 3.05) is 0 Å². The maximum absolute atomic E-state index is 8.61. The monoisotopic (exact) mass is 1110 g/mol. The first-order chi connectivity index (χ1) is 15.2. The molecule has 0 amide bonds. The molecule has 0 saturated heterocycles. The first-order valence-corrected chi connectivity index (χ1v) is 19.7. The Kier molecular flexibility index (Phi) is 57.8. The van der Waals surface area contributed by atoms with Gasteiger partial charge in [0.2, 0.25) is 0 Å². The molecule has 0 atom stereocenters. The molecule has 0 fully saturated rings. The third kappa shape index (κ3) is 185000. The molecule has 0 spiro atoms. The topological polar surface area (TPSA) is 461 Å². The zero-order chi connectivity index (χ0) is 32.6. The molecule has 0 bridgehead atoms. The van der Waals surface area contributed by atoms with E-state index in [1.54, 1.807) is 15.9 Å². The molecule has 0 aliphatic rings. The van der Waals surface area contributed by atoms with Gasteiger partial charge in [-0.1, -0.05) is 0 Å². The summed E-state index contributed by atoms with van der Waals surface area (Å²) in [5.41, 5.74) is 0. The molecular formula is CoCrMn3MoNi2O27W. The minimum absolute atomic E-state index is 0.875. The third-order valence-electron chi connectivity index (χ3n) is 0. The molecule has 36 heavy (non-hydrogen) atoms. The van der Waals surface area contributed by atoms with Crippen molar-refractivity contribution in [1.82, 2.24) is 0 Å². The van der Waals surface area contributed by atoms with Gasteiger partial charge in [0.05, 0.1) is 0 Å². The molecule has 0 N–H and O–H groups in total. The maximum atomic E-state index is 8.61. The average molecular weight is 1100 g/mol. The van der Waals surface area contributed by atoms with E-state index < -0.39 is 113 Å². The van der Waals surface area contributed by atoms with Gasteiger partial charge < -0.3 is 0 Å². The van der Waals surface area contributed by atoms with Crippen LogP contribution in [0.2, 0.25) is 0 Å². The Balaban J connectivity index is -0.0000000331. The Labute approximate surface area is 227 Å². The van der Waals surface area contributed by atoms with Crippen LogP contribution in [0, 0.1) is 0 Å². The predicted molar refractivity (Wildman–Crippen MR) is 18.5 cm³/mol. The first kappa shape index (κ1) is 60.2. The van der Waals surface area contributed by atoms with Crippen LogP contribution >= 0.6 is 0 Å². The van der Waals surface area contributed by atoms with Crippen LogP contribution in [-0.4, -0.2) is 0 Å². The van der Waals surface area contributed by atoms with Gasteiger partial charge in [-0.25, -0.2) is 0 Å². The van der Waals surface area contributed by atoms with Gasteiger partial charge in [-0.3, -0.25) is 0 Å². The molecule has 0 heterocycles. The van der Waals surface area contributed by atoms with Crippen LogP contribution in [0.15, 0.2) is 0 Å². The second kappa shape index (κ2) is 34.6. The third-order valence-corrected chi connectivity index (χ3v) is 0. The minimum atomic E-state index is -7.51. The van der Waals surface area contributed by atoms with Gasteiger partial charge >= 0.3 is 231 Å². The summed E-state index contributed by atoms with van der Waals surface area (Å²) in [6, 6.07) is 0. The van der Waals surface area contributed by atoms with E-state index in [0.29, 0.717) is 0 Å². The van der Waals surface area contributed by atoms with Gasteiger partial charge in [0, 0.05) is 0 Å². The van der Waals surface area contributed by atoms with Crippen LogP contribution in [0.5, 0.6) is 0 Å². The molecule has 0 radical (unpaired) electrons. The summed E-state index contributed by atoms with van der Waals surface area (Å²) in [5.74, 6) is 0. The Morgan fingerprint density at radius 3 is 0.750 bits per heavy atom. The van der Waals surface area contributed by atoms with Gasteiger partial charge in [0.25, 0.3) is 0 Å². The van der Waals surface area contributed by atoms with E-state index in [2.05, 4.69) is 0 Å². The van der Waals surface area contributed by atoms with Crippen molar-refractivity contribution >= 4 is 0 Å². The van der Waals surface area contributed by atoms with Crippen LogP contribution in [-0.2, 0) is 231 Å². The quantitative estimate of drug-likeness (QED) is 0.215.